The first kappa shape index (κ1) is 7.65. The fraction of sp³-hybridized carbons (Fsp3) is 1.00. The van der Waals surface area contributed by atoms with E-state index in [4.69, 9.17) is 5.11 Å². The van der Waals surface area contributed by atoms with Crippen molar-refractivity contribution in [1.29, 1.82) is 0 Å². The molecule has 0 spiro atoms. The minimum Gasteiger partial charge on any atom is -0.381 e. The SMILES string of the molecule is CNC(C)C(O)I. The number of halogens is 1. The Labute approximate surface area is 57.4 Å². The van der Waals surface area contributed by atoms with Crippen molar-refractivity contribution in [2.24, 2.45) is 0 Å². The summed E-state index contributed by atoms with van der Waals surface area (Å²) in [5.41, 5.74) is 0. The largest absolute Gasteiger partial charge is 0.381 e. The minimum absolute atomic E-state index is 0.195. The van der Waals surface area contributed by atoms with Gasteiger partial charge in [-0.1, -0.05) is 0 Å². The first-order valence-electron chi connectivity index (χ1n) is 2.18. The standard InChI is InChI=1S/C4H10INO/c1-3(6-2)4(5)7/h3-4,6-7H,1-2H3. The summed E-state index contributed by atoms with van der Waals surface area (Å²) in [5.74, 6) is 0. The molecule has 0 saturated carbocycles. The lowest BCUT2D eigenvalue weighted by atomic mass is 10.4. The molecule has 2 atom stereocenters. The van der Waals surface area contributed by atoms with Crippen LogP contribution in [0.15, 0.2) is 0 Å². The van der Waals surface area contributed by atoms with E-state index in [0.717, 1.165) is 0 Å². The van der Waals surface area contributed by atoms with Crippen LogP contribution in [0.3, 0.4) is 0 Å². The van der Waals surface area contributed by atoms with Gasteiger partial charge in [0, 0.05) is 6.04 Å². The summed E-state index contributed by atoms with van der Waals surface area (Å²) in [4.78, 5) is 0. The zero-order valence-electron chi connectivity index (χ0n) is 4.48. The summed E-state index contributed by atoms with van der Waals surface area (Å²) in [6, 6.07) is 0.195. The van der Waals surface area contributed by atoms with Gasteiger partial charge in [0.15, 0.2) is 0 Å². The van der Waals surface area contributed by atoms with E-state index in [2.05, 4.69) is 5.32 Å². The lowest BCUT2D eigenvalue weighted by Crippen LogP contribution is -2.30. The van der Waals surface area contributed by atoms with Crippen molar-refractivity contribution in [2.45, 2.75) is 17.1 Å². The molecule has 0 fully saturated rings. The Morgan fingerprint density at radius 2 is 2.14 bits per heavy atom. The van der Waals surface area contributed by atoms with Gasteiger partial charge >= 0.3 is 0 Å². The molecule has 0 aromatic heterocycles. The molecular formula is C4H10INO. The van der Waals surface area contributed by atoms with Gasteiger partial charge in [0.05, 0.1) is 0 Å². The smallest absolute Gasteiger partial charge is 0.120 e. The zero-order chi connectivity index (χ0) is 5.86. The van der Waals surface area contributed by atoms with E-state index in [0.29, 0.717) is 0 Å². The second kappa shape index (κ2) is 3.63. The Morgan fingerprint density at radius 3 is 2.14 bits per heavy atom. The summed E-state index contributed by atoms with van der Waals surface area (Å²) in [5, 5.41) is 11.7. The molecule has 0 radical (unpaired) electrons. The molecule has 7 heavy (non-hydrogen) atoms. The number of hydrogen-bond donors (Lipinski definition) is 2. The number of aliphatic hydroxyl groups is 1. The third-order valence-electron chi connectivity index (χ3n) is 0.868. The second-order valence-corrected chi connectivity index (χ2v) is 2.73. The van der Waals surface area contributed by atoms with Gasteiger partial charge in [0.2, 0.25) is 0 Å². The molecule has 0 aromatic carbocycles. The average molecular weight is 215 g/mol. The Morgan fingerprint density at radius 1 is 1.71 bits per heavy atom. The molecule has 44 valence electrons. The van der Waals surface area contributed by atoms with Crippen LogP contribution in [-0.2, 0) is 0 Å². The molecule has 2 unspecified atom stereocenters. The number of likely N-dealkylation sites (N-methyl/N-ethyl adjacent to an activating group) is 1. The van der Waals surface area contributed by atoms with E-state index in [1.807, 2.05) is 36.6 Å². The maximum atomic E-state index is 8.75. The highest BCUT2D eigenvalue weighted by Gasteiger charge is 2.04. The summed E-state index contributed by atoms with van der Waals surface area (Å²) in [6.45, 7) is 1.93. The van der Waals surface area contributed by atoms with Crippen LogP contribution in [-0.4, -0.2) is 22.3 Å². The summed E-state index contributed by atoms with van der Waals surface area (Å²) in [7, 11) is 1.83. The van der Waals surface area contributed by atoms with Gasteiger partial charge < -0.3 is 10.4 Å². The van der Waals surface area contributed by atoms with Crippen molar-refractivity contribution < 1.29 is 5.11 Å². The number of aliphatic hydroxyl groups excluding tert-OH is 1. The molecule has 0 rings (SSSR count). The summed E-state index contributed by atoms with van der Waals surface area (Å²) in [6.07, 6.45) is 0. The van der Waals surface area contributed by atoms with E-state index in [1.54, 1.807) is 0 Å². The molecule has 0 saturated heterocycles. The van der Waals surface area contributed by atoms with Crippen LogP contribution in [0.25, 0.3) is 0 Å². The Kier molecular flexibility index (Phi) is 3.96. The van der Waals surface area contributed by atoms with Gasteiger partial charge in [0.25, 0.3) is 0 Å². The zero-order valence-corrected chi connectivity index (χ0v) is 6.64. The van der Waals surface area contributed by atoms with Crippen molar-refractivity contribution in [1.82, 2.24) is 5.32 Å². The predicted molar refractivity (Wildman–Crippen MR) is 38.5 cm³/mol. The molecule has 0 heterocycles. The fourth-order valence-corrected chi connectivity index (χ4v) is 0.497. The number of alkyl halides is 1. The lowest BCUT2D eigenvalue weighted by molar-refractivity contribution is 0.238. The molecule has 0 aromatic rings. The van der Waals surface area contributed by atoms with Crippen LogP contribution in [0.4, 0.5) is 0 Å². The van der Waals surface area contributed by atoms with Crippen molar-refractivity contribution in [3.63, 3.8) is 0 Å². The molecule has 2 N–H and O–H groups in total. The Bertz CT molecular complexity index is 49.0. The first-order valence-corrected chi connectivity index (χ1v) is 3.42. The first-order chi connectivity index (χ1) is 3.18. The average Bonchev–Trinajstić information content (AvgIpc) is 1.65. The number of hydrogen-bond acceptors (Lipinski definition) is 2. The van der Waals surface area contributed by atoms with E-state index < -0.39 is 0 Å². The molecule has 3 heteroatoms. The molecular weight excluding hydrogens is 205 g/mol. The molecule has 0 aliphatic heterocycles. The van der Waals surface area contributed by atoms with E-state index in [-0.39, 0.29) is 10.2 Å². The Balaban J connectivity index is 3.14. The maximum Gasteiger partial charge on any atom is 0.120 e. The van der Waals surface area contributed by atoms with Crippen molar-refractivity contribution >= 4 is 22.6 Å². The van der Waals surface area contributed by atoms with Crippen LogP contribution >= 0.6 is 22.6 Å². The van der Waals surface area contributed by atoms with E-state index in [1.165, 1.54) is 0 Å². The molecule has 2 nitrogen and oxygen atoms in total. The van der Waals surface area contributed by atoms with E-state index in [9.17, 15) is 0 Å². The number of nitrogens with one attached hydrogen (secondary N) is 1. The van der Waals surface area contributed by atoms with Gasteiger partial charge in [0.1, 0.15) is 4.11 Å². The van der Waals surface area contributed by atoms with Gasteiger partial charge in [-0.3, -0.25) is 0 Å². The highest BCUT2D eigenvalue weighted by Crippen LogP contribution is 1.99. The second-order valence-electron chi connectivity index (χ2n) is 1.45. The topological polar surface area (TPSA) is 32.3 Å². The van der Waals surface area contributed by atoms with Crippen molar-refractivity contribution in [3.8, 4) is 0 Å². The van der Waals surface area contributed by atoms with Gasteiger partial charge in [-0.15, -0.1) is 0 Å². The van der Waals surface area contributed by atoms with Crippen LogP contribution in [0.1, 0.15) is 6.92 Å². The molecule has 0 aliphatic rings. The lowest BCUT2D eigenvalue weighted by Gasteiger charge is -2.09. The van der Waals surface area contributed by atoms with Crippen molar-refractivity contribution in [3.05, 3.63) is 0 Å². The quantitative estimate of drug-likeness (QED) is 0.514. The third-order valence-corrected chi connectivity index (χ3v) is 1.95. The highest BCUT2D eigenvalue weighted by molar-refractivity contribution is 14.1. The molecule has 0 bridgehead atoms. The molecule has 0 amide bonds. The van der Waals surface area contributed by atoms with Gasteiger partial charge in [-0.2, -0.15) is 0 Å². The van der Waals surface area contributed by atoms with Gasteiger partial charge in [-0.25, -0.2) is 0 Å². The maximum absolute atomic E-state index is 8.75. The third kappa shape index (κ3) is 3.25. The number of rotatable bonds is 2. The van der Waals surface area contributed by atoms with Crippen molar-refractivity contribution in [2.75, 3.05) is 7.05 Å². The van der Waals surface area contributed by atoms with Crippen LogP contribution in [0.5, 0.6) is 0 Å². The van der Waals surface area contributed by atoms with Crippen LogP contribution < -0.4 is 5.32 Å². The van der Waals surface area contributed by atoms with Gasteiger partial charge in [-0.05, 0) is 36.6 Å². The van der Waals surface area contributed by atoms with Crippen LogP contribution in [0.2, 0.25) is 0 Å². The molecule has 0 aliphatic carbocycles. The van der Waals surface area contributed by atoms with Crippen LogP contribution in [0, 0.1) is 0 Å². The van der Waals surface area contributed by atoms with E-state index >= 15 is 0 Å². The monoisotopic (exact) mass is 215 g/mol. The minimum atomic E-state index is -0.275. The predicted octanol–water partition coefficient (Wildman–Crippen LogP) is 0.348. The summed E-state index contributed by atoms with van der Waals surface area (Å²) >= 11 is 1.96. The summed E-state index contributed by atoms with van der Waals surface area (Å²) < 4.78 is -0.275. The highest BCUT2D eigenvalue weighted by atomic mass is 127. The Hall–Kier alpha value is 0.650. The fourth-order valence-electron chi connectivity index (χ4n) is 0.138. The normalized spacial score (nSPS) is 18.9.